The van der Waals surface area contributed by atoms with Crippen LogP contribution in [0.25, 0.3) is 5.65 Å². The molecule has 0 bridgehead atoms. The Kier molecular flexibility index (Phi) is 6.22. The molecule has 0 unspecified atom stereocenters. The van der Waals surface area contributed by atoms with Crippen LogP contribution >= 0.6 is 0 Å². The highest BCUT2D eigenvalue weighted by molar-refractivity contribution is 6.10. The third kappa shape index (κ3) is 4.92. The normalized spacial score (nSPS) is 10.9. The number of carbonyl (C=O) groups excluding carboxylic acids is 2. The van der Waals surface area contributed by atoms with Crippen LogP contribution in [0.3, 0.4) is 0 Å². The average molecular weight is 442 g/mol. The number of hydrogen-bond donors (Lipinski definition) is 2. The van der Waals surface area contributed by atoms with E-state index in [1.54, 1.807) is 24.3 Å². The molecule has 4 rings (SSSR count). The van der Waals surface area contributed by atoms with Gasteiger partial charge in [-0.1, -0.05) is 24.3 Å². The third-order valence-corrected chi connectivity index (χ3v) is 5.61. The van der Waals surface area contributed by atoms with Crippen LogP contribution in [-0.2, 0) is 11.2 Å². The van der Waals surface area contributed by atoms with Crippen molar-refractivity contribution in [1.82, 2.24) is 14.6 Å². The molecule has 33 heavy (non-hydrogen) atoms. The second kappa shape index (κ2) is 9.24. The number of aromatic nitrogens is 3. The summed E-state index contributed by atoms with van der Waals surface area (Å²) in [4.78, 5) is 30.2. The number of benzene rings is 2. The summed E-state index contributed by atoms with van der Waals surface area (Å²) in [5.41, 5.74) is 7.26. The summed E-state index contributed by atoms with van der Waals surface area (Å²) >= 11 is 0. The highest BCUT2D eigenvalue weighted by Crippen LogP contribution is 2.20. The first kappa shape index (κ1) is 22.2. The first-order valence-electron chi connectivity index (χ1n) is 10.9. The van der Waals surface area contributed by atoms with Crippen molar-refractivity contribution in [2.24, 2.45) is 0 Å². The van der Waals surface area contributed by atoms with Crippen LogP contribution in [0.15, 0.2) is 54.6 Å². The van der Waals surface area contributed by atoms with E-state index in [0.717, 1.165) is 33.9 Å². The average Bonchev–Trinajstić information content (AvgIpc) is 3.14. The van der Waals surface area contributed by atoms with E-state index in [1.165, 1.54) is 0 Å². The zero-order chi connectivity index (χ0) is 23.5. The molecule has 4 aromatic rings. The maximum Gasteiger partial charge on any atom is 0.257 e. The van der Waals surface area contributed by atoms with Gasteiger partial charge in [0.1, 0.15) is 0 Å². The molecule has 168 valence electrons. The van der Waals surface area contributed by atoms with Crippen LogP contribution < -0.4 is 10.6 Å². The smallest absolute Gasteiger partial charge is 0.257 e. The number of nitrogens with one attached hydrogen (secondary N) is 2. The molecule has 0 saturated carbocycles. The van der Waals surface area contributed by atoms with Crippen LogP contribution in [0.2, 0.25) is 0 Å². The number of hydrogen-bond acceptors (Lipinski definition) is 4. The monoisotopic (exact) mass is 441 g/mol. The molecule has 0 aliphatic carbocycles. The lowest BCUT2D eigenvalue weighted by molar-refractivity contribution is -0.116. The Morgan fingerprint density at radius 2 is 1.73 bits per heavy atom. The van der Waals surface area contributed by atoms with Gasteiger partial charge >= 0.3 is 0 Å². The highest BCUT2D eigenvalue weighted by atomic mass is 16.2. The number of carbonyl (C=O) groups is 2. The largest absolute Gasteiger partial charge is 0.325 e. The first-order valence-corrected chi connectivity index (χ1v) is 10.9. The topological polar surface area (TPSA) is 88.4 Å². The van der Waals surface area contributed by atoms with Crippen molar-refractivity contribution in [3.63, 3.8) is 0 Å². The van der Waals surface area contributed by atoms with E-state index in [9.17, 15) is 9.59 Å². The lowest BCUT2D eigenvalue weighted by Crippen LogP contribution is -2.19. The van der Waals surface area contributed by atoms with Crippen LogP contribution in [0.4, 0.5) is 11.4 Å². The molecule has 2 amide bonds. The van der Waals surface area contributed by atoms with Crippen molar-refractivity contribution in [1.29, 1.82) is 0 Å². The molecule has 0 saturated heterocycles. The standard InChI is InChI=1S/C26H27N5O2/c1-16-8-7-9-20(14-16)28-26(33)22-10-5-6-11-23(22)29-25(32)13-12-21-18(3)27-24-15-17(2)30-31(24)19(21)4/h5-11,14-15H,12-13H2,1-4H3,(H,28,33)(H,29,32). The maximum absolute atomic E-state index is 12.8. The minimum atomic E-state index is -0.271. The van der Waals surface area contributed by atoms with E-state index in [2.05, 4.69) is 20.7 Å². The van der Waals surface area contributed by atoms with Gasteiger partial charge in [0.25, 0.3) is 5.91 Å². The Balaban J connectivity index is 1.46. The second-order valence-corrected chi connectivity index (χ2v) is 8.23. The SMILES string of the molecule is Cc1cccc(NC(=O)c2ccccc2NC(=O)CCc2c(C)nc3cc(C)nn3c2C)c1. The van der Waals surface area contributed by atoms with Crippen molar-refractivity contribution >= 4 is 28.8 Å². The van der Waals surface area contributed by atoms with Crippen LogP contribution in [0, 0.1) is 27.7 Å². The van der Waals surface area contributed by atoms with Crippen molar-refractivity contribution in [3.05, 3.63) is 88.4 Å². The van der Waals surface area contributed by atoms with Gasteiger partial charge in [0.2, 0.25) is 5.91 Å². The van der Waals surface area contributed by atoms with Gasteiger partial charge in [-0.25, -0.2) is 9.50 Å². The first-order chi connectivity index (χ1) is 15.8. The number of para-hydroxylation sites is 1. The summed E-state index contributed by atoms with van der Waals surface area (Å²) in [5, 5.41) is 10.3. The van der Waals surface area contributed by atoms with E-state index in [1.807, 2.05) is 62.5 Å². The molecule has 0 radical (unpaired) electrons. The summed E-state index contributed by atoms with van der Waals surface area (Å²) < 4.78 is 1.82. The molecule has 0 aliphatic heterocycles. The van der Waals surface area contributed by atoms with Crippen molar-refractivity contribution in [2.45, 2.75) is 40.5 Å². The molecule has 7 nitrogen and oxygen atoms in total. The van der Waals surface area contributed by atoms with Crippen molar-refractivity contribution < 1.29 is 9.59 Å². The van der Waals surface area contributed by atoms with E-state index in [-0.39, 0.29) is 18.2 Å². The fourth-order valence-corrected chi connectivity index (χ4v) is 3.97. The molecule has 7 heteroatoms. The minimum Gasteiger partial charge on any atom is -0.325 e. The van der Waals surface area contributed by atoms with E-state index in [0.29, 0.717) is 23.4 Å². The molecule has 2 aromatic heterocycles. The molecule has 0 aliphatic rings. The molecule has 0 spiro atoms. The Hall–Kier alpha value is -4.00. The minimum absolute atomic E-state index is 0.165. The fraction of sp³-hybridized carbons (Fsp3) is 0.231. The lowest BCUT2D eigenvalue weighted by atomic mass is 10.1. The van der Waals surface area contributed by atoms with E-state index in [4.69, 9.17) is 0 Å². The predicted octanol–water partition coefficient (Wildman–Crippen LogP) is 4.79. The number of rotatable bonds is 6. The van der Waals surface area contributed by atoms with Crippen LogP contribution in [-0.4, -0.2) is 26.4 Å². The molecule has 0 fully saturated rings. The molecular weight excluding hydrogens is 414 g/mol. The van der Waals surface area contributed by atoms with Crippen molar-refractivity contribution in [2.75, 3.05) is 10.6 Å². The summed E-state index contributed by atoms with van der Waals surface area (Å²) in [5.74, 6) is -0.437. The Morgan fingerprint density at radius 3 is 2.52 bits per heavy atom. The molecule has 0 atom stereocenters. The van der Waals surface area contributed by atoms with Gasteiger partial charge in [-0.15, -0.1) is 0 Å². The fourth-order valence-electron chi connectivity index (χ4n) is 3.97. The zero-order valence-corrected chi connectivity index (χ0v) is 19.3. The summed E-state index contributed by atoms with van der Waals surface area (Å²) in [6.45, 7) is 7.84. The number of nitrogens with zero attached hydrogens (tertiary/aromatic N) is 3. The van der Waals surface area contributed by atoms with Gasteiger partial charge in [0.05, 0.1) is 16.9 Å². The number of amides is 2. The number of anilines is 2. The van der Waals surface area contributed by atoms with E-state index >= 15 is 0 Å². The van der Waals surface area contributed by atoms with Crippen LogP contribution in [0.1, 0.15) is 45.0 Å². The molecular formula is C26H27N5O2. The number of aryl methyl sites for hydroxylation is 4. The second-order valence-electron chi connectivity index (χ2n) is 8.23. The molecule has 2 aromatic carbocycles. The van der Waals surface area contributed by atoms with Gasteiger partial charge in [-0.05, 0) is 69.5 Å². The Bertz CT molecular complexity index is 1360. The predicted molar refractivity (Wildman–Crippen MR) is 130 cm³/mol. The van der Waals surface area contributed by atoms with Crippen LogP contribution in [0.5, 0.6) is 0 Å². The molecule has 2 N–H and O–H groups in total. The Morgan fingerprint density at radius 1 is 0.939 bits per heavy atom. The zero-order valence-electron chi connectivity index (χ0n) is 19.3. The van der Waals surface area contributed by atoms with Gasteiger partial charge in [0, 0.05) is 29.6 Å². The van der Waals surface area contributed by atoms with Gasteiger partial charge < -0.3 is 10.6 Å². The number of fused-ring (bicyclic) bond motifs is 1. The van der Waals surface area contributed by atoms with E-state index < -0.39 is 0 Å². The maximum atomic E-state index is 12.8. The van der Waals surface area contributed by atoms with Crippen molar-refractivity contribution in [3.8, 4) is 0 Å². The lowest BCUT2D eigenvalue weighted by Gasteiger charge is -2.13. The van der Waals surface area contributed by atoms with Gasteiger partial charge in [0.15, 0.2) is 5.65 Å². The van der Waals surface area contributed by atoms with Gasteiger partial charge in [-0.2, -0.15) is 5.10 Å². The van der Waals surface area contributed by atoms with Gasteiger partial charge in [-0.3, -0.25) is 9.59 Å². The molecule has 2 heterocycles. The summed E-state index contributed by atoms with van der Waals surface area (Å²) in [6.07, 6.45) is 0.798. The quantitative estimate of drug-likeness (QED) is 0.450. The third-order valence-electron chi connectivity index (χ3n) is 5.61. The Labute approximate surface area is 192 Å². The summed E-state index contributed by atoms with van der Waals surface area (Å²) in [6, 6.07) is 16.5. The highest BCUT2D eigenvalue weighted by Gasteiger charge is 2.16. The summed E-state index contributed by atoms with van der Waals surface area (Å²) in [7, 11) is 0.